The number of aliphatic hydroxyl groups excluding tert-OH is 16. The van der Waals surface area contributed by atoms with Crippen LogP contribution in [0.15, 0.2) is 0 Å². The summed E-state index contributed by atoms with van der Waals surface area (Å²) in [4.78, 5) is 0. The number of aliphatic hydroxyl groups is 16. The van der Waals surface area contributed by atoms with Gasteiger partial charge >= 0.3 is 0 Å². The lowest BCUT2D eigenvalue weighted by Crippen LogP contribution is -2.69. The molecule has 0 radical (unpaired) electrons. The fourth-order valence-corrected chi connectivity index (χ4v) is 9.01. The maximum atomic E-state index is 11.3. The minimum absolute atomic E-state index is 0.489. The third-order valence-electron chi connectivity index (χ3n) is 12.8. The molecule has 22 saturated heterocycles. The van der Waals surface area contributed by atoms with Crippen molar-refractivity contribution >= 4 is 0 Å². The summed E-state index contributed by atoms with van der Waals surface area (Å²) in [5.41, 5.74) is 11.8. The molecule has 0 aromatic carbocycles. The number of rotatable bonds is 6. The number of ether oxygens (including phenoxy) is 12. The van der Waals surface area contributed by atoms with Crippen LogP contribution in [0.3, 0.4) is 0 Å². The fraction of sp³-hybridized carbons (Fsp3) is 1.00. The van der Waals surface area contributed by atoms with Gasteiger partial charge in [0, 0.05) is 13.1 Å². The van der Waals surface area contributed by atoms with Crippen LogP contribution >= 0.6 is 0 Å². The largest absolute Gasteiger partial charge is 0.394 e. The molecule has 0 amide bonds. The molecule has 22 aliphatic heterocycles. The minimum Gasteiger partial charge on any atom is -0.394 e. The molecule has 66 heavy (non-hydrogen) atoms. The SMILES string of the molecule is NC[C@H]1O[C@@H]2O[C@H]3[C@H](O)[C@@H](O)[C@@H](O[C@H]4[C@H](O)[C@@H](O)[C@@H](O[C@H]5[C@H](O)[C@@H](O)[C@@H](O[C@H]6[C@H](O)[C@@H](O)[C@@H](O[C@H]7[C@H](O)[C@@H](O)[C@@H](O[C@H]1[C@H](O)[C@H]2O)O[C@@H]7CO)O[C@@H]6CN)O[C@@H]5CO)O[C@@H]4CO)O[C@@H]3CO. The summed E-state index contributed by atoms with van der Waals surface area (Å²) < 4.78 is 68.7. The average Bonchev–Trinajstić information content (AvgIpc) is 3.31. The summed E-state index contributed by atoms with van der Waals surface area (Å²) >= 11 is 0. The van der Waals surface area contributed by atoms with Crippen LogP contribution in [-0.2, 0) is 56.8 Å². The van der Waals surface area contributed by atoms with Crippen LogP contribution in [0.1, 0.15) is 0 Å². The van der Waals surface area contributed by atoms with E-state index in [0.717, 1.165) is 0 Å². The zero-order valence-electron chi connectivity index (χ0n) is 34.8. The number of hydrogen-bond donors (Lipinski definition) is 18. The fourth-order valence-electron chi connectivity index (χ4n) is 9.01. The molecule has 384 valence electrons. The average molecular weight is 971 g/mol. The van der Waals surface area contributed by atoms with Gasteiger partial charge in [-0.15, -0.1) is 0 Å². The van der Waals surface area contributed by atoms with Gasteiger partial charge in [-0.2, -0.15) is 0 Å². The van der Waals surface area contributed by atoms with Crippen molar-refractivity contribution in [2.24, 2.45) is 11.5 Å². The van der Waals surface area contributed by atoms with E-state index in [4.69, 9.17) is 68.3 Å². The van der Waals surface area contributed by atoms with E-state index in [1.54, 1.807) is 0 Å². The van der Waals surface area contributed by atoms with E-state index in [-0.39, 0.29) is 0 Å². The Morgan fingerprint density at radius 1 is 0.227 bits per heavy atom. The van der Waals surface area contributed by atoms with Gasteiger partial charge in [-0.1, -0.05) is 0 Å². The van der Waals surface area contributed by atoms with Gasteiger partial charge in [-0.25, -0.2) is 0 Å². The van der Waals surface area contributed by atoms with E-state index in [0.29, 0.717) is 0 Å². The van der Waals surface area contributed by atoms with Crippen LogP contribution in [0.5, 0.6) is 0 Å². The Hall–Kier alpha value is -1.20. The van der Waals surface area contributed by atoms with Gasteiger partial charge in [-0.3, -0.25) is 0 Å². The van der Waals surface area contributed by atoms with Crippen molar-refractivity contribution in [2.45, 2.75) is 184 Å². The molecule has 30 nitrogen and oxygen atoms in total. The molecule has 0 unspecified atom stereocenters. The van der Waals surface area contributed by atoms with Crippen molar-refractivity contribution in [2.75, 3.05) is 39.5 Å². The molecular formula is C36H62N2O28. The molecule has 0 aromatic heterocycles. The first-order valence-corrected chi connectivity index (χ1v) is 21.3. The zero-order chi connectivity index (χ0) is 48.0. The van der Waals surface area contributed by atoms with Gasteiger partial charge in [-0.05, 0) is 0 Å². The Balaban J connectivity index is 1.19. The van der Waals surface area contributed by atoms with Gasteiger partial charge in [0.2, 0.25) is 0 Å². The monoisotopic (exact) mass is 970 g/mol. The predicted octanol–water partition coefficient (Wildman–Crippen LogP) is -13.1. The van der Waals surface area contributed by atoms with Gasteiger partial charge in [0.1, 0.15) is 146 Å². The molecule has 0 aliphatic carbocycles. The highest BCUT2D eigenvalue weighted by atomic mass is 16.8. The summed E-state index contributed by atoms with van der Waals surface area (Å²) in [5, 5.41) is 176. The number of hydrogen-bond acceptors (Lipinski definition) is 30. The van der Waals surface area contributed by atoms with Crippen molar-refractivity contribution in [3.8, 4) is 0 Å². The first-order valence-electron chi connectivity index (χ1n) is 21.3. The Kier molecular flexibility index (Phi) is 17.6. The Morgan fingerprint density at radius 2 is 0.379 bits per heavy atom. The lowest BCUT2D eigenvalue weighted by Gasteiger charge is -2.50. The molecule has 22 fully saturated rings. The summed E-state index contributed by atoms with van der Waals surface area (Å²) in [5.74, 6) is 0. The minimum atomic E-state index is -2.12. The van der Waals surface area contributed by atoms with E-state index >= 15 is 0 Å². The number of nitrogens with two attached hydrogens (primary N) is 2. The Bertz CT molecular complexity index is 1240. The van der Waals surface area contributed by atoms with E-state index in [2.05, 4.69) is 0 Å². The van der Waals surface area contributed by atoms with Crippen LogP contribution < -0.4 is 11.5 Å². The maximum absolute atomic E-state index is 11.3. The van der Waals surface area contributed by atoms with Gasteiger partial charge in [0.05, 0.1) is 26.4 Å². The van der Waals surface area contributed by atoms with E-state index in [1.807, 2.05) is 0 Å². The van der Waals surface area contributed by atoms with Crippen LogP contribution in [0.4, 0.5) is 0 Å². The highest BCUT2D eigenvalue weighted by molar-refractivity contribution is 5.01. The topological polar surface area (TPSA) is 486 Å². The van der Waals surface area contributed by atoms with Gasteiger partial charge in [0.15, 0.2) is 37.7 Å². The molecule has 22 aliphatic rings. The van der Waals surface area contributed by atoms with Crippen LogP contribution in [0.2, 0.25) is 0 Å². The van der Waals surface area contributed by atoms with Crippen LogP contribution in [0, 0.1) is 0 Å². The first-order chi connectivity index (χ1) is 31.4. The quantitative estimate of drug-likeness (QED) is 0.117. The second kappa shape index (κ2) is 22.1. The van der Waals surface area contributed by atoms with Crippen LogP contribution in [-0.4, -0.2) is 305 Å². The third kappa shape index (κ3) is 10.0. The second-order valence-electron chi connectivity index (χ2n) is 17.0. The smallest absolute Gasteiger partial charge is 0.187 e. The van der Waals surface area contributed by atoms with Crippen molar-refractivity contribution in [1.82, 2.24) is 0 Å². The maximum Gasteiger partial charge on any atom is 0.187 e. The van der Waals surface area contributed by atoms with Crippen molar-refractivity contribution in [3.63, 3.8) is 0 Å². The summed E-state index contributed by atoms with van der Waals surface area (Å²) in [7, 11) is 0. The normalized spacial score (nSPS) is 55.4. The first kappa shape index (κ1) is 52.6. The molecule has 0 saturated carbocycles. The molecular weight excluding hydrogens is 908 g/mol. The molecule has 0 aromatic rings. The molecule has 22 rings (SSSR count). The van der Waals surface area contributed by atoms with Crippen molar-refractivity contribution in [1.29, 1.82) is 0 Å². The highest BCUT2D eigenvalue weighted by Crippen LogP contribution is 2.38. The lowest BCUT2D eigenvalue weighted by atomic mass is 9.94. The molecule has 22 heterocycles. The Labute approximate surface area is 373 Å². The van der Waals surface area contributed by atoms with Gasteiger partial charge < -0.3 is 150 Å². The molecule has 30 heteroatoms. The molecule has 20 N–H and O–H groups in total. The Morgan fingerprint density at radius 3 is 0.530 bits per heavy atom. The summed E-state index contributed by atoms with van der Waals surface area (Å²) in [6.45, 7) is -4.84. The van der Waals surface area contributed by atoms with Crippen molar-refractivity contribution < 1.29 is 139 Å². The lowest BCUT2D eigenvalue weighted by molar-refractivity contribution is -0.402. The molecule has 12 bridgehead atoms. The highest BCUT2D eigenvalue weighted by Gasteiger charge is 2.58. The predicted molar refractivity (Wildman–Crippen MR) is 200 cm³/mol. The van der Waals surface area contributed by atoms with Crippen molar-refractivity contribution in [3.05, 3.63) is 0 Å². The second-order valence-corrected chi connectivity index (χ2v) is 17.0. The summed E-state index contributed by atoms with van der Waals surface area (Å²) in [6, 6.07) is 0. The standard InChI is InChI=1S/C36H62N2O28/c37-1-7-25-14(44)20(50)32(56-7)64-28-10(4-40)59-35(23(53)17(28)47)66-30-12(6-42)60-36(24(54)18(30)48)65-29-11(5-41)58-34(22(52)16(29)46)62-26-8(2-38)55-31(19(49)13(26)43)63-27-9(3-39)57-33(61-25)21(51)15(27)45/h7-36,39-54H,1-6,37-38H2/t7-,8-,9-,10-,11-,12-,13-,14-,15-,16-,17-,18-,19-,20-,21-,22-,23-,24-,25-,26-,27-,28-,29-,30-,31-,32-,33-,34-,35-,36-/m1/s1. The van der Waals surface area contributed by atoms with E-state index in [9.17, 15) is 81.7 Å². The third-order valence-corrected chi connectivity index (χ3v) is 12.8. The van der Waals surface area contributed by atoms with E-state index in [1.165, 1.54) is 0 Å². The zero-order valence-corrected chi connectivity index (χ0v) is 34.8. The van der Waals surface area contributed by atoms with Crippen LogP contribution in [0.25, 0.3) is 0 Å². The van der Waals surface area contributed by atoms with Gasteiger partial charge in [0.25, 0.3) is 0 Å². The molecule has 30 atom stereocenters. The van der Waals surface area contributed by atoms with E-state index < -0.39 is 224 Å². The summed E-state index contributed by atoms with van der Waals surface area (Å²) in [6.07, 6.45) is -56.4. The molecule has 0 spiro atoms.